The molecular weight excluding hydrogens is 156 g/mol. The third-order valence-corrected chi connectivity index (χ3v) is 2.33. The maximum atomic E-state index is 5.47. The molecule has 11 heavy (non-hydrogen) atoms. The van der Waals surface area contributed by atoms with Gasteiger partial charge in [-0.1, -0.05) is 6.08 Å². The first-order valence-electron chi connectivity index (χ1n) is 3.50. The number of allylic oxidation sites excluding steroid dienone is 1. The number of fused-ring (bicyclic) bond motifs is 1. The summed E-state index contributed by atoms with van der Waals surface area (Å²) in [5.41, 5.74) is 0.989. The molecule has 0 radical (unpaired) electrons. The predicted molar refractivity (Wildman–Crippen MR) is 48.8 cm³/mol. The molecular formula is C9H8OS. The molecule has 0 amide bonds. The van der Waals surface area contributed by atoms with Crippen LogP contribution in [0.2, 0.25) is 0 Å². The van der Waals surface area contributed by atoms with E-state index in [-0.39, 0.29) is 0 Å². The van der Waals surface area contributed by atoms with Crippen molar-refractivity contribution in [3.63, 3.8) is 0 Å². The molecule has 0 aliphatic carbocycles. The van der Waals surface area contributed by atoms with Crippen molar-refractivity contribution >= 4 is 27.7 Å². The second-order valence-electron chi connectivity index (χ2n) is 2.30. The van der Waals surface area contributed by atoms with Crippen LogP contribution in [0.4, 0.5) is 0 Å². The molecule has 56 valence electrons. The number of furan rings is 1. The zero-order valence-corrected chi connectivity index (χ0v) is 7.02. The topological polar surface area (TPSA) is 13.1 Å². The first-order valence-corrected chi connectivity index (χ1v) is 4.38. The molecule has 0 atom stereocenters. The maximum absolute atomic E-state index is 5.47. The Balaban J connectivity index is 2.58. The predicted octanol–water partition coefficient (Wildman–Crippen LogP) is 3.53. The van der Waals surface area contributed by atoms with Crippen LogP contribution >= 0.6 is 11.3 Å². The lowest BCUT2D eigenvalue weighted by Crippen LogP contribution is -1.55. The summed E-state index contributed by atoms with van der Waals surface area (Å²) in [6, 6.07) is 4.05. The van der Waals surface area contributed by atoms with Gasteiger partial charge in [-0.2, -0.15) is 0 Å². The smallest absolute Gasteiger partial charge is 0.145 e. The van der Waals surface area contributed by atoms with E-state index in [1.165, 1.54) is 4.70 Å². The molecule has 0 bridgehead atoms. The molecule has 0 aliphatic heterocycles. The molecule has 2 heteroatoms. The van der Waals surface area contributed by atoms with Crippen molar-refractivity contribution < 1.29 is 4.42 Å². The quantitative estimate of drug-likeness (QED) is 0.628. The summed E-state index contributed by atoms with van der Waals surface area (Å²) in [7, 11) is 0. The molecule has 0 unspecified atom stereocenters. The highest BCUT2D eigenvalue weighted by molar-refractivity contribution is 7.17. The van der Waals surface area contributed by atoms with E-state index in [4.69, 9.17) is 4.42 Å². The van der Waals surface area contributed by atoms with E-state index in [2.05, 4.69) is 6.07 Å². The van der Waals surface area contributed by atoms with Crippen LogP contribution in [0.1, 0.15) is 12.7 Å². The summed E-state index contributed by atoms with van der Waals surface area (Å²) >= 11 is 1.71. The van der Waals surface area contributed by atoms with Gasteiger partial charge in [0.2, 0.25) is 0 Å². The highest BCUT2D eigenvalue weighted by Gasteiger charge is 1.99. The standard InChI is InChI=1S/C9H8OS/c1-2-3-7-6-9-8(10-7)4-5-11-9/h2-6H,1H3/b3-2+. The highest BCUT2D eigenvalue weighted by Crippen LogP contribution is 2.24. The molecule has 0 N–H and O–H groups in total. The third-order valence-electron chi connectivity index (χ3n) is 1.49. The van der Waals surface area contributed by atoms with Gasteiger partial charge in [0.15, 0.2) is 0 Å². The van der Waals surface area contributed by atoms with Gasteiger partial charge in [0.05, 0.1) is 4.70 Å². The van der Waals surface area contributed by atoms with Crippen molar-refractivity contribution in [3.8, 4) is 0 Å². The second kappa shape index (κ2) is 2.55. The highest BCUT2D eigenvalue weighted by atomic mass is 32.1. The number of hydrogen-bond donors (Lipinski definition) is 0. The van der Waals surface area contributed by atoms with Crippen LogP contribution in [0.15, 0.2) is 28.0 Å². The minimum atomic E-state index is 0.939. The number of hydrogen-bond acceptors (Lipinski definition) is 2. The SMILES string of the molecule is C/C=C/c1cc2sccc2o1. The van der Waals surface area contributed by atoms with Gasteiger partial charge in [0, 0.05) is 6.07 Å². The summed E-state index contributed by atoms with van der Waals surface area (Å²) in [5, 5.41) is 2.04. The maximum Gasteiger partial charge on any atom is 0.145 e. The van der Waals surface area contributed by atoms with Crippen LogP contribution in [0.5, 0.6) is 0 Å². The Morgan fingerprint density at radius 2 is 2.45 bits per heavy atom. The van der Waals surface area contributed by atoms with Gasteiger partial charge in [-0.05, 0) is 24.4 Å². The Kier molecular flexibility index (Phi) is 1.55. The van der Waals surface area contributed by atoms with E-state index in [1.54, 1.807) is 11.3 Å². The van der Waals surface area contributed by atoms with E-state index >= 15 is 0 Å². The fourth-order valence-corrected chi connectivity index (χ4v) is 1.78. The largest absolute Gasteiger partial charge is 0.456 e. The van der Waals surface area contributed by atoms with Gasteiger partial charge < -0.3 is 4.42 Å². The Bertz CT molecular complexity index is 352. The molecule has 2 heterocycles. The first kappa shape index (κ1) is 6.68. The summed E-state index contributed by atoms with van der Waals surface area (Å²) in [5.74, 6) is 0.939. The number of thiophene rings is 1. The normalized spacial score (nSPS) is 11.7. The Morgan fingerprint density at radius 3 is 3.18 bits per heavy atom. The Hall–Kier alpha value is -1.02. The molecule has 0 saturated carbocycles. The molecule has 0 spiro atoms. The number of rotatable bonds is 1. The van der Waals surface area contributed by atoms with Crippen LogP contribution in [0, 0.1) is 0 Å². The van der Waals surface area contributed by atoms with Crippen LogP contribution in [-0.4, -0.2) is 0 Å². The van der Waals surface area contributed by atoms with Crippen LogP contribution in [0.25, 0.3) is 16.4 Å². The summed E-state index contributed by atoms with van der Waals surface area (Å²) < 4.78 is 6.69. The fourth-order valence-electron chi connectivity index (χ4n) is 1.03. The lowest BCUT2D eigenvalue weighted by atomic mass is 10.4. The lowest BCUT2D eigenvalue weighted by molar-refractivity contribution is 0.605. The van der Waals surface area contributed by atoms with Gasteiger partial charge in [-0.25, -0.2) is 0 Å². The van der Waals surface area contributed by atoms with Crippen molar-refractivity contribution in [1.82, 2.24) is 0 Å². The van der Waals surface area contributed by atoms with Crippen LogP contribution in [0.3, 0.4) is 0 Å². The van der Waals surface area contributed by atoms with Crippen molar-refractivity contribution in [2.75, 3.05) is 0 Å². The fraction of sp³-hybridized carbons (Fsp3) is 0.111. The minimum Gasteiger partial charge on any atom is -0.456 e. The zero-order chi connectivity index (χ0) is 7.68. The van der Waals surface area contributed by atoms with Gasteiger partial charge >= 0.3 is 0 Å². The van der Waals surface area contributed by atoms with Crippen molar-refractivity contribution in [1.29, 1.82) is 0 Å². The summed E-state index contributed by atoms with van der Waals surface area (Å²) in [6.45, 7) is 1.98. The van der Waals surface area contributed by atoms with E-state index in [0.29, 0.717) is 0 Å². The van der Waals surface area contributed by atoms with Crippen molar-refractivity contribution in [2.24, 2.45) is 0 Å². The molecule has 0 aromatic carbocycles. The molecule has 0 fully saturated rings. The Morgan fingerprint density at radius 1 is 1.55 bits per heavy atom. The Labute approximate surface area is 69.0 Å². The average Bonchev–Trinajstić information content (AvgIpc) is 2.46. The third kappa shape index (κ3) is 1.10. The lowest BCUT2D eigenvalue weighted by Gasteiger charge is -1.78. The monoisotopic (exact) mass is 164 g/mol. The molecule has 1 nitrogen and oxygen atoms in total. The second-order valence-corrected chi connectivity index (χ2v) is 3.25. The van der Waals surface area contributed by atoms with Gasteiger partial charge in [0.1, 0.15) is 11.3 Å². The van der Waals surface area contributed by atoms with Crippen LogP contribution < -0.4 is 0 Å². The molecule has 2 aromatic rings. The molecule has 2 aromatic heterocycles. The summed E-state index contributed by atoms with van der Waals surface area (Å²) in [6.07, 6.45) is 3.94. The van der Waals surface area contributed by atoms with Gasteiger partial charge in [0.25, 0.3) is 0 Å². The van der Waals surface area contributed by atoms with E-state index in [1.807, 2.05) is 30.5 Å². The van der Waals surface area contributed by atoms with E-state index in [9.17, 15) is 0 Å². The molecule has 2 rings (SSSR count). The van der Waals surface area contributed by atoms with E-state index in [0.717, 1.165) is 11.3 Å². The van der Waals surface area contributed by atoms with Crippen LogP contribution in [-0.2, 0) is 0 Å². The van der Waals surface area contributed by atoms with Crippen molar-refractivity contribution in [3.05, 3.63) is 29.3 Å². The average molecular weight is 164 g/mol. The molecule has 0 saturated heterocycles. The van der Waals surface area contributed by atoms with E-state index < -0.39 is 0 Å². The molecule has 0 aliphatic rings. The first-order chi connectivity index (χ1) is 5.40. The van der Waals surface area contributed by atoms with Crippen molar-refractivity contribution in [2.45, 2.75) is 6.92 Å². The van der Waals surface area contributed by atoms with Gasteiger partial charge in [-0.15, -0.1) is 11.3 Å². The zero-order valence-electron chi connectivity index (χ0n) is 6.20. The van der Waals surface area contributed by atoms with Gasteiger partial charge in [-0.3, -0.25) is 0 Å². The minimum absolute atomic E-state index is 0.939. The summed E-state index contributed by atoms with van der Waals surface area (Å²) in [4.78, 5) is 0.